The lowest BCUT2D eigenvalue weighted by Gasteiger charge is -2.49. The van der Waals surface area contributed by atoms with Gasteiger partial charge < -0.3 is 14.7 Å². The monoisotopic (exact) mass is 551 g/mol. The topological polar surface area (TPSA) is 61.7 Å². The van der Waals surface area contributed by atoms with Crippen molar-refractivity contribution in [3.05, 3.63) is 64.6 Å². The van der Waals surface area contributed by atoms with Gasteiger partial charge in [0.25, 0.3) is 0 Å². The van der Waals surface area contributed by atoms with E-state index in [1.807, 2.05) is 13.0 Å². The number of hydrogen-bond acceptors (Lipinski definition) is 6. The van der Waals surface area contributed by atoms with Gasteiger partial charge in [0, 0.05) is 84.5 Å². The first-order chi connectivity index (χ1) is 18.7. The van der Waals surface area contributed by atoms with E-state index in [0.717, 1.165) is 52.8 Å². The van der Waals surface area contributed by atoms with Crippen LogP contribution in [0.25, 0.3) is 22.0 Å². The maximum absolute atomic E-state index is 15.2. The molecule has 2 saturated heterocycles. The van der Waals surface area contributed by atoms with E-state index in [-0.39, 0.29) is 17.0 Å². The van der Waals surface area contributed by atoms with Crippen molar-refractivity contribution < 1.29 is 13.6 Å². The molecule has 0 unspecified atom stereocenters. The Bertz CT molecular complexity index is 1560. The second-order valence-electron chi connectivity index (χ2n) is 10.8. The zero-order valence-corrected chi connectivity index (χ0v) is 23.0. The van der Waals surface area contributed by atoms with Gasteiger partial charge in [0.1, 0.15) is 17.5 Å². The number of amides is 1. The van der Waals surface area contributed by atoms with Gasteiger partial charge in [-0.05, 0) is 43.3 Å². The van der Waals surface area contributed by atoms with E-state index in [9.17, 15) is 14.0 Å². The van der Waals surface area contributed by atoms with E-state index in [1.54, 1.807) is 21.2 Å². The molecule has 3 aromatic rings. The second kappa shape index (κ2) is 9.75. The van der Waals surface area contributed by atoms with Gasteiger partial charge >= 0.3 is 5.69 Å². The zero-order chi connectivity index (χ0) is 27.5. The Kier molecular flexibility index (Phi) is 6.50. The Balaban J connectivity index is 1.54. The molecule has 3 aliphatic heterocycles. The molecule has 2 aromatic carbocycles. The first kappa shape index (κ1) is 26.0. The van der Waals surface area contributed by atoms with Crippen LogP contribution in [0, 0.1) is 24.0 Å². The summed E-state index contributed by atoms with van der Waals surface area (Å²) in [6, 6.07) is 5.65. The number of aryl methyl sites for hydroxylation is 1. The Morgan fingerprint density at radius 3 is 2.56 bits per heavy atom. The predicted molar refractivity (Wildman–Crippen MR) is 150 cm³/mol. The van der Waals surface area contributed by atoms with Crippen LogP contribution in [0.5, 0.6) is 0 Å². The minimum absolute atomic E-state index is 0.0805. The molecule has 0 bridgehead atoms. The fourth-order valence-corrected chi connectivity index (χ4v) is 7.77. The van der Waals surface area contributed by atoms with E-state index in [2.05, 4.69) is 28.3 Å². The normalized spacial score (nSPS) is 18.8. The van der Waals surface area contributed by atoms with Gasteiger partial charge in [-0.15, -0.1) is 11.8 Å². The number of rotatable bonds is 4. The van der Waals surface area contributed by atoms with Crippen molar-refractivity contribution in [2.75, 3.05) is 56.5 Å². The van der Waals surface area contributed by atoms with Crippen LogP contribution in [0.1, 0.15) is 12.5 Å². The number of carbonyl (C=O) groups is 1. The number of hydrogen-bond donors (Lipinski definition) is 0. The van der Waals surface area contributed by atoms with Crippen LogP contribution < -0.4 is 10.6 Å². The number of halogens is 2. The predicted octanol–water partition coefficient (Wildman–Crippen LogP) is 3.91. The van der Waals surface area contributed by atoms with Crippen LogP contribution in [-0.2, 0) is 11.3 Å². The molecule has 0 radical (unpaired) electrons. The molecule has 0 N–H and O–H groups in total. The van der Waals surface area contributed by atoms with Crippen molar-refractivity contribution in [1.29, 1.82) is 0 Å². The standard InChI is InChI=1S/C29H31F2N5O2S/c1-4-23(37)34-8-10-35(11-9-34)27-21-12-18(3)24(20-7-6-19(30)13-22(20)31)26-25(21)36(28(38)32-27)16-29(17-39-26)14-33(5-2)15-29/h4,6-7,12-13H,1,5,8-11,14-17H2,2-3H3. The summed E-state index contributed by atoms with van der Waals surface area (Å²) in [5.41, 5.74) is 2.21. The molecule has 0 saturated carbocycles. The van der Waals surface area contributed by atoms with Crippen LogP contribution in [0.3, 0.4) is 0 Å². The number of anilines is 1. The molecular weight excluding hydrogens is 520 g/mol. The maximum atomic E-state index is 15.2. The number of carbonyl (C=O) groups excluding carboxylic acids is 1. The van der Waals surface area contributed by atoms with Gasteiger partial charge in [-0.2, -0.15) is 4.98 Å². The fourth-order valence-electron chi connectivity index (χ4n) is 6.27. The van der Waals surface area contributed by atoms with Gasteiger partial charge in [0.2, 0.25) is 5.91 Å². The van der Waals surface area contributed by atoms with Crippen molar-refractivity contribution in [1.82, 2.24) is 19.4 Å². The van der Waals surface area contributed by atoms with Crippen LogP contribution in [0.2, 0.25) is 0 Å². The molecule has 1 amide bonds. The third kappa shape index (κ3) is 4.34. The molecule has 4 heterocycles. The van der Waals surface area contributed by atoms with Crippen molar-refractivity contribution >= 4 is 34.4 Å². The highest BCUT2D eigenvalue weighted by atomic mass is 32.2. The lowest BCUT2D eigenvalue weighted by atomic mass is 9.81. The molecule has 204 valence electrons. The van der Waals surface area contributed by atoms with E-state index >= 15 is 4.39 Å². The van der Waals surface area contributed by atoms with Gasteiger partial charge in [-0.25, -0.2) is 13.6 Å². The third-order valence-corrected chi connectivity index (χ3v) is 9.69. The largest absolute Gasteiger partial charge is 0.352 e. The minimum Gasteiger partial charge on any atom is -0.352 e. The molecule has 1 aromatic heterocycles. The Hall–Kier alpha value is -3.24. The molecule has 6 rings (SSSR count). The summed E-state index contributed by atoms with van der Waals surface area (Å²) in [6.45, 7) is 13.0. The highest BCUT2D eigenvalue weighted by molar-refractivity contribution is 7.99. The minimum atomic E-state index is -0.626. The van der Waals surface area contributed by atoms with Gasteiger partial charge in [0.05, 0.1) is 5.52 Å². The highest BCUT2D eigenvalue weighted by Gasteiger charge is 2.45. The molecule has 7 nitrogen and oxygen atoms in total. The molecule has 3 aliphatic rings. The van der Waals surface area contributed by atoms with Crippen molar-refractivity contribution in [3.63, 3.8) is 0 Å². The van der Waals surface area contributed by atoms with Crippen LogP contribution in [0.15, 0.2) is 46.6 Å². The number of piperazine rings is 1. The SMILES string of the molecule is C=CC(=O)N1CCN(c2nc(=O)n3c4c(c(-c5ccc(F)cc5F)c(C)cc24)SCC2(CN(CC)C2)C3)CC1. The summed E-state index contributed by atoms with van der Waals surface area (Å²) in [7, 11) is 0. The van der Waals surface area contributed by atoms with E-state index in [1.165, 1.54) is 18.2 Å². The molecule has 0 aliphatic carbocycles. The van der Waals surface area contributed by atoms with E-state index in [0.29, 0.717) is 49.7 Å². The van der Waals surface area contributed by atoms with Crippen LogP contribution in [0.4, 0.5) is 14.6 Å². The lowest BCUT2D eigenvalue weighted by Crippen LogP contribution is -2.59. The number of likely N-dealkylation sites (tertiary alicyclic amines) is 1. The molecular formula is C29H31F2N5O2S. The van der Waals surface area contributed by atoms with E-state index < -0.39 is 11.6 Å². The average Bonchev–Trinajstić information content (AvgIpc) is 3.09. The third-order valence-electron chi connectivity index (χ3n) is 8.24. The molecule has 39 heavy (non-hydrogen) atoms. The van der Waals surface area contributed by atoms with Gasteiger partial charge in [-0.1, -0.05) is 13.5 Å². The summed E-state index contributed by atoms with van der Waals surface area (Å²) in [5.74, 6) is 0.0180. The molecule has 10 heteroatoms. The van der Waals surface area contributed by atoms with E-state index in [4.69, 9.17) is 0 Å². The maximum Gasteiger partial charge on any atom is 0.350 e. The smallest absolute Gasteiger partial charge is 0.350 e. The number of benzene rings is 2. The first-order valence-corrected chi connectivity index (χ1v) is 14.3. The van der Waals surface area contributed by atoms with Gasteiger partial charge in [0.15, 0.2) is 0 Å². The van der Waals surface area contributed by atoms with Gasteiger partial charge in [-0.3, -0.25) is 9.36 Å². The van der Waals surface area contributed by atoms with Crippen LogP contribution >= 0.6 is 11.8 Å². The number of aromatic nitrogens is 2. The highest BCUT2D eigenvalue weighted by Crippen LogP contribution is 2.48. The Labute approximate surface area is 230 Å². The summed E-state index contributed by atoms with van der Waals surface area (Å²) in [5, 5.41) is 0.841. The molecule has 0 atom stereocenters. The molecule has 2 fully saturated rings. The van der Waals surface area contributed by atoms with Crippen molar-refractivity contribution in [3.8, 4) is 11.1 Å². The van der Waals surface area contributed by atoms with Crippen LogP contribution in [-0.4, -0.2) is 76.8 Å². The first-order valence-electron chi connectivity index (χ1n) is 13.3. The zero-order valence-electron chi connectivity index (χ0n) is 22.2. The quantitative estimate of drug-likeness (QED) is 0.459. The average molecular weight is 552 g/mol. The van der Waals surface area contributed by atoms with Crippen molar-refractivity contribution in [2.45, 2.75) is 25.3 Å². The summed E-state index contributed by atoms with van der Waals surface area (Å²) in [4.78, 5) is 37.4. The fraction of sp³-hybridized carbons (Fsp3) is 0.414. The lowest BCUT2D eigenvalue weighted by molar-refractivity contribution is -0.126. The summed E-state index contributed by atoms with van der Waals surface area (Å²) < 4.78 is 30.8. The van der Waals surface area contributed by atoms with Crippen molar-refractivity contribution in [2.24, 2.45) is 5.41 Å². The summed E-state index contributed by atoms with van der Waals surface area (Å²) >= 11 is 1.66. The number of thioether (sulfide) groups is 1. The second-order valence-corrected chi connectivity index (χ2v) is 11.8. The number of nitrogens with zero attached hydrogens (tertiary/aromatic N) is 5. The Morgan fingerprint density at radius 2 is 1.90 bits per heavy atom. The summed E-state index contributed by atoms with van der Waals surface area (Å²) in [6.07, 6.45) is 1.32. The Morgan fingerprint density at radius 1 is 1.15 bits per heavy atom. The molecule has 1 spiro atoms.